The zero-order valence-electron chi connectivity index (χ0n) is 6.79. The Morgan fingerprint density at radius 1 is 1.70 bits per heavy atom. The molecule has 0 rings (SSSR count). The van der Waals surface area contributed by atoms with Gasteiger partial charge in [0.2, 0.25) is 0 Å². The molecule has 1 N–H and O–H groups in total. The van der Waals surface area contributed by atoms with E-state index in [1.807, 2.05) is 13.8 Å². The van der Waals surface area contributed by atoms with Crippen molar-refractivity contribution in [1.29, 1.82) is 0 Å². The van der Waals surface area contributed by atoms with E-state index in [4.69, 9.17) is 9.94 Å². The van der Waals surface area contributed by atoms with Crippen LogP contribution in [0.15, 0.2) is 5.16 Å². The van der Waals surface area contributed by atoms with Gasteiger partial charge in [0.05, 0.1) is 12.3 Å². The van der Waals surface area contributed by atoms with Crippen LogP contribution in [0, 0.1) is 0 Å². The van der Waals surface area contributed by atoms with Crippen molar-refractivity contribution in [1.82, 2.24) is 0 Å². The largest absolute Gasteiger partial charge is 0.392 e. The van der Waals surface area contributed by atoms with Crippen LogP contribution in [0.1, 0.15) is 27.2 Å². The molecule has 0 radical (unpaired) electrons. The SMILES string of the molecule is CCC(C)=NOC(C)CO. The first kappa shape index (κ1) is 9.43. The second kappa shape index (κ2) is 5.23. The van der Waals surface area contributed by atoms with Crippen molar-refractivity contribution in [3.63, 3.8) is 0 Å². The molecule has 0 saturated carbocycles. The van der Waals surface area contributed by atoms with Gasteiger partial charge in [-0.15, -0.1) is 0 Å². The van der Waals surface area contributed by atoms with Crippen molar-refractivity contribution in [3.05, 3.63) is 0 Å². The molecule has 60 valence electrons. The number of hydrogen-bond donors (Lipinski definition) is 1. The predicted molar refractivity (Wildman–Crippen MR) is 41.0 cm³/mol. The number of oxime groups is 1. The van der Waals surface area contributed by atoms with Crippen LogP contribution in [-0.2, 0) is 4.84 Å². The fraction of sp³-hybridized carbons (Fsp3) is 0.857. The van der Waals surface area contributed by atoms with Crippen LogP contribution in [0.2, 0.25) is 0 Å². The second-order valence-corrected chi connectivity index (χ2v) is 2.28. The Morgan fingerprint density at radius 3 is 2.70 bits per heavy atom. The lowest BCUT2D eigenvalue weighted by atomic mass is 10.3. The van der Waals surface area contributed by atoms with Gasteiger partial charge < -0.3 is 9.94 Å². The Hall–Kier alpha value is -0.570. The number of aliphatic hydroxyl groups excluding tert-OH is 1. The van der Waals surface area contributed by atoms with Gasteiger partial charge in [-0.2, -0.15) is 0 Å². The van der Waals surface area contributed by atoms with E-state index in [9.17, 15) is 0 Å². The first-order valence-corrected chi connectivity index (χ1v) is 3.50. The molecule has 3 nitrogen and oxygen atoms in total. The maximum atomic E-state index is 8.53. The van der Waals surface area contributed by atoms with Crippen molar-refractivity contribution in [3.8, 4) is 0 Å². The van der Waals surface area contributed by atoms with Gasteiger partial charge in [-0.25, -0.2) is 0 Å². The normalized spacial score (nSPS) is 15.0. The summed E-state index contributed by atoms with van der Waals surface area (Å²) in [6.07, 6.45) is 0.694. The summed E-state index contributed by atoms with van der Waals surface area (Å²) in [5, 5.41) is 12.3. The maximum Gasteiger partial charge on any atom is 0.147 e. The molecular weight excluding hydrogens is 130 g/mol. The fourth-order valence-electron chi connectivity index (χ4n) is 0.278. The minimum absolute atomic E-state index is 0.0144. The van der Waals surface area contributed by atoms with Gasteiger partial charge in [-0.05, 0) is 20.3 Å². The molecule has 1 unspecified atom stereocenters. The highest BCUT2D eigenvalue weighted by Crippen LogP contribution is 1.91. The van der Waals surface area contributed by atoms with Crippen LogP contribution < -0.4 is 0 Å². The second-order valence-electron chi connectivity index (χ2n) is 2.28. The lowest BCUT2D eigenvalue weighted by Crippen LogP contribution is -2.10. The summed E-state index contributed by atoms with van der Waals surface area (Å²) in [5.41, 5.74) is 0.945. The van der Waals surface area contributed by atoms with E-state index in [0.717, 1.165) is 12.1 Å². The van der Waals surface area contributed by atoms with E-state index < -0.39 is 0 Å². The highest BCUT2D eigenvalue weighted by atomic mass is 16.6. The molecule has 0 aliphatic rings. The highest BCUT2D eigenvalue weighted by molar-refractivity contribution is 5.80. The number of hydrogen-bond acceptors (Lipinski definition) is 3. The Morgan fingerprint density at radius 2 is 2.30 bits per heavy atom. The molecule has 0 aliphatic carbocycles. The number of aliphatic hydroxyl groups is 1. The van der Waals surface area contributed by atoms with Gasteiger partial charge in [-0.3, -0.25) is 0 Å². The van der Waals surface area contributed by atoms with E-state index in [1.54, 1.807) is 6.92 Å². The summed E-state index contributed by atoms with van der Waals surface area (Å²) in [5.74, 6) is 0. The van der Waals surface area contributed by atoms with Gasteiger partial charge in [0.25, 0.3) is 0 Å². The van der Waals surface area contributed by atoms with Crippen molar-refractivity contribution in [2.24, 2.45) is 5.16 Å². The van der Waals surface area contributed by atoms with Crippen molar-refractivity contribution in [2.45, 2.75) is 33.3 Å². The van der Waals surface area contributed by atoms with Gasteiger partial charge in [-0.1, -0.05) is 12.1 Å². The van der Waals surface area contributed by atoms with Gasteiger partial charge >= 0.3 is 0 Å². The molecule has 0 saturated heterocycles. The first-order valence-electron chi connectivity index (χ1n) is 3.50. The van der Waals surface area contributed by atoms with E-state index in [0.29, 0.717) is 0 Å². The third kappa shape index (κ3) is 4.32. The average Bonchev–Trinajstić information content (AvgIpc) is 1.99. The summed E-state index contributed by atoms with van der Waals surface area (Å²) in [4.78, 5) is 4.88. The summed E-state index contributed by atoms with van der Waals surface area (Å²) >= 11 is 0. The van der Waals surface area contributed by atoms with Crippen LogP contribution in [0.4, 0.5) is 0 Å². The van der Waals surface area contributed by atoms with E-state index >= 15 is 0 Å². The molecule has 0 spiro atoms. The molecule has 10 heavy (non-hydrogen) atoms. The predicted octanol–water partition coefficient (Wildman–Crippen LogP) is 1.17. The van der Waals surface area contributed by atoms with Crippen LogP contribution in [0.5, 0.6) is 0 Å². The Kier molecular flexibility index (Phi) is 4.94. The smallest absolute Gasteiger partial charge is 0.147 e. The topological polar surface area (TPSA) is 41.8 Å². The quantitative estimate of drug-likeness (QED) is 0.476. The molecule has 0 bridgehead atoms. The molecule has 0 amide bonds. The molecule has 0 aromatic carbocycles. The van der Waals surface area contributed by atoms with E-state index in [-0.39, 0.29) is 12.7 Å². The summed E-state index contributed by atoms with van der Waals surface area (Å²) < 4.78 is 0. The maximum absolute atomic E-state index is 8.53. The zero-order chi connectivity index (χ0) is 7.98. The molecule has 0 fully saturated rings. The molecule has 0 heterocycles. The summed E-state index contributed by atoms with van der Waals surface area (Å²) in [6, 6.07) is 0. The van der Waals surface area contributed by atoms with Crippen molar-refractivity contribution >= 4 is 5.71 Å². The van der Waals surface area contributed by atoms with Crippen LogP contribution in [-0.4, -0.2) is 23.5 Å². The van der Waals surface area contributed by atoms with Crippen LogP contribution >= 0.6 is 0 Å². The van der Waals surface area contributed by atoms with Crippen LogP contribution in [0.25, 0.3) is 0 Å². The monoisotopic (exact) mass is 145 g/mol. The van der Waals surface area contributed by atoms with Crippen molar-refractivity contribution in [2.75, 3.05) is 6.61 Å². The Labute approximate surface area is 61.7 Å². The van der Waals surface area contributed by atoms with E-state index in [1.165, 1.54) is 0 Å². The van der Waals surface area contributed by atoms with Gasteiger partial charge in [0, 0.05) is 0 Å². The number of nitrogens with zero attached hydrogens (tertiary/aromatic N) is 1. The number of rotatable bonds is 4. The minimum atomic E-state index is -0.193. The highest BCUT2D eigenvalue weighted by Gasteiger charge is 1.96. The van der Waals surface area contributed by atoms with Gasteiger partial charge in [0.1, 0.15) is 6.10 Å². The third-order valence-electron chi connectivity index (χ3n) is 1.16. The molecule has 0 aromatic heterocycles. The molecule has 0 aromatic rings. The molecule has 3 heteroatoms. The fourth-order valence-corrected chi connectivity index (χ4v) is 0.278. The van der Waals surface area contributed by atoms with Crippen molar-refractivity contribution < 1.29 is 9.94 Å². The first-order chi connectivity index (χ1) is 4.70. The third-order valence-corrected chi connectivity index (χ3v) is 1.16. The Balaban J connectivity index is 3.50. The summed E-state index contributed by atoms with van der Waals surface area (Å²) in [7, 11) is 0. The van der Waals surface area contributed by atoms with E-state index in [2.05, 4.69) is 5.16 Å². The Bertz CT molecular complexity index is 112. The molecular formula is C7H15NO2. The lowest BCUT2D eigenvalue weighted by molar-refractivity contribution is 0.0286. The van der Waals surface area contributed by atoms with Crippen LogP contribution in [0.3, 0.4) is 0 Å². The minimum Gasteiger partial charge on any atom is -0.392 e. The lowest BCUT2D eigenvalue weighted by Gasteiger charge is -2.05. The summed E-state index contributed by atoms with van der Waals surface area (Å²) in [6.45, 7) is 5.68. The zero-order valence-corrected chi connectivity index (χ0v) is 6.79. The molecule has 0 aliphatic heterocycles. The molecule has 1 atom stereocenters. The average molecular weight is 145 g/mol. The van der Waals surface area contributed by atoms with Gasteiger partial charge in [0.15, 0.2) is 0 Å². The standard InChI is InChI=1S/C7H15NO2/c1-4-6(2)8-10-7(3)5-9/h7,9H,4-5H2,1-3H3.